The molecule has 6 aromatic rings. The number of benzene rings is 3. The van der Waals surface area contributed by atoms with E-state index < -0.39 is 0 Å². The molecule has 0 N–H and O–H groups in total. The maximum absolute atomic E-state index is 6.27. The van der Waals surface area contributed by atoms with E-state index in [0.29, 0.717) is 11.5 Å². The van der Waals surface area contributed by atoms with E-state index in [-0.39, 0.29) is 25.8 Å². The second-order valence-electron chi connectivity index (χ2n) is 9.37. The summed E-state index contributed by atoms with van der Waals surface area (Å²) in [5.41, 5.74) is 7.15. The number of nitrogens with zero attached hydrogens (tertiary/aromatic N) is 3. The molecule has 0 spiro atoms. The molecule has 0 atom stereocenters. The molecule has 0 saturated heterocycles. The summed E-state index contributed by atoms with van der Waals surface area (Å²) in [7, 11) is 0. The van der Waals surface area contributed by atoms with Crippen molar-refractivity contribution in [1.29, 1.82) is 0 Å². The maximum Gasteiger partial charge on any atom is 2.00 e. The van der Waals surface area contributed by atoms with Crippen LogP contribution in [0.25, 0.3) is 38.9 Å². The zero-order valence-corrected chi connectivity index (χ0v) is 21.3. The van der Waals surface area contributed by atoms with Gasteiger partial charge in [0.05, 0.1) is 5.52 Å². The number of rotatable bonds is 3. The molecule has 4 heterocycles. The van der Waals surface area contributed by atoms with Gasteiger partial charge in [0.15, 0.2) is 0 Å². The Bertz CT molecular complexity index is 1760. The Labute approximate surface area is 223 Å². The van der Waals surface area contributed by atoms with Crippen molar-refractivity contribution in [3.8, 4) is 28.4 Å². The number of hydrogen-bond donors (Lipinski definition) is 0. The summed E-state index contributed by atoms with van der Waals surface area (Å²) >= 11 is 0. The molecule has 3 aromatic heterocycles. The molecular weight excluding hydrogens is 537 g/mol. The van der Waals surface area contributed by atoms with Crippen molar-refractivity contribution in [3.05, 3.63) is 115 Å². The van der Waals surface area contributed by atoms with Gasteiger partial charge in [-0.15, -0.1) is 41.5 Å². The Hall–Kier alpha value is -3.78. The van der Waals surface area contributed by atoms with Crippen LogP contribution in [-0.2, 0) is 25.8 Å². The number of ether oxygens (including phenoxy) is 1. The van der Waals surface area contributed by atoms with E-state index >= 15 is 0 Å². The predicted octanol–water partition coefficient (Wildman–Crippen LogP) is 7.27. The molecule has 5 heteroatoms. The number of aromatic nitrogens is 3. The molecule has 3 aromatic carbocycles. The predicted molar refractivity (Wildman–Crippen MR) is 138 cm³/mol. The van der Waals surface area contributed by atoms with Gasteiger partial charge in [-0.05, 0) is 34.9 Å². The molecule has 0 amide bonds. The fourth-order valence-electron chi connectivity index (χ4n) is 5.26. The standard InChI is InChI=1S/C31H21N3O.Pd/c1-31(2)25-15-14-22(35-21-9-5-8-20(18-21)27-13-3-4-16-32-27)19-28(25)34-29-23(10-6-12-26(29)31)24-11-7-17-33-30(24)34;/h3-17H,1-2H3;/q-2;+2. The molecule has 4 nitrogen and oxygen atoms in total. The molecular formula is C31H21N3OPd. The van der Waals surface area contributed by atoms with Crippen LogP contribution in [0.3, 0.4) is 0 Å². The smallest absolute Gasteiger partial charge is 0.503 e. The van der Waals surface area contributed by atoms with Crippen molar-refractivity contribution < 1.29 is 25.2 Å². The van der Waals surface area contributed by atoms with Crippen LogP contribution >= 0.6 is 0 Å². The first-order valence-electron chi connectivity index (χ1n) is 11.7. The summed E-state index contributed by atoms with van der Waals surface area (Å²) in [4.78, 5) is 9.19. The minimum Gasteiger partial charge on any atom is -0.503 e. The monoisotopic (exact) mass is 557 g/mol. The first kappa shape index (κ1) is 22.7. The number of pyridine rings is 2. The van der Waals surface area contributed by atoms with E-state index in [0.717, 1.165) is 28.0 Å². The first-order valence-corrected chi connectivity index (χ1v) is 11.7. The zero-order chi connectivity index (χ0) is 23.6. The van der Waals surface area contributed by atoms with Crippen molar-refractivity contribution in [2.45, 2.75) is 19.3 Å². The van der Waals surface area contributed by atoms with Crippen molar-refractivity contribution in [2.24, 2.45) is 0 Å². The van der Waals surface area contributed by atoms with Gasteiger partial charge < -0.3 is 14.3 Å². The van der Waals surface area contributed by atoms with Crippen LogP contribution in [0, 0.1) is 12.1 Å². The van der Waals surface area contributed by atoms with E-state index in [4.69, 9.17) is 9.72 Å². The molecule has 0 bridgehead atoms. The van der Waals surface area contributed by atoms with E-state index in [1.807, 2.05) is 54.7 Å². The van der Waals surface area contributed by atoms with Gasteiger partial charge in [-0.2, -0.15) is 6.07 Å². The van der Waals surface area contributed by atoms with Gasteiger partial charge in [-0.25, -0.2) is 4.98 Å². The average molecular weight is 558 g/mol. The summed E-state index contributed by atoms with van der Waals surface area (Å²) in [5, 5.41) is 2.35. The van der Waals surface area contributed by atoms with Crippen LogP contribution < -0.4 is 4.74 Å². The third-order valence-corrected chi connectivity index (χ3v) is 6.95. The van der Waals surface area contributed by atoms with Crippen LogP contribution in [0.1, 0.15) is 25.0 Å². The number of para-hydroxylation sites is 1. The Morgan fingerprint density at radius 1 is 0.722 bits per heavy atom. The first-order chi connectivity index (χ1) is 17.1. The molecule has 0 radical (unpaired) electrons. The SMILES string of the molecule is CC1(C)c2ccc(Oc3[c-]c(-c4ccccn4)ccc3)[c-]c2-n2c3ncccc3c3cccc1c32.[Pd+2]. The van der Waals surface area contributed by atoms with Crippen LogP contribution in [0.5, 0.6) is 11.5 Å². The fourth-order valence-corrected chi connectivity index (χ4v) is 5.26. The van der Waals surface area contributed by atoms with Crippen LogP contribution in [0.4, 0.5) is 0 Å². The van der Waals surface area contributed by atoms with Gasteiger partial charge in [-0.1, -0.05) is 55.9 Å². The molecule has 0 unspecified atom stereocenters. The molecule has 1 aliphatic rings. The molecule has 176 valence electrons. The van der Waals surface area contributed by atoms with Gasteiger partial charge in [0.25, 0.3) is 0 Å². The molecule has 0 saturated carbocycles. The minimum atomic E-state index is -0.181. The van der Waals surface area contributed by atoms with Crippen LogP contribution in [0.15, 0.2) is 91.3 Å². The number of fused-ring (bicyclic) bond motifs is 5. The minimum absolute atomic E-state index is 0. The normalized spacial score (nSPS) is 13.3. The summed E-state index contributed by atoms with van der Waals surface area (Å²) < 4.78 is 8.51. The van der Waals surface area contributed by atoms with Crippen LogP contribution in [0.2, 0.25) is 0 Å². The van der Waals surface area contributed by atoms with Crippen molar-refractivity contribution in [1.82, 2.24) is 14.5 Å². The summed E-state index contributed by atoms with van der Waals surface area (Å²) in [6, 6.07) is 33.4. The Morgan fingerprint density at radius 3 is 2.39 bits per heavy atom. The molecule has 7 rings (SSSR count). The van der Waals surface area contributed by atoms with Crippen molar-refractivity contribution in [3.63, 3.8) is 0 Å². The fraction of sp³-hybridized carbons (Fsp3) is 0.0968. The third-order valence-electron chi connectivity index (χ3n) is 6.95. The molecule has 36 heavy (non-hydrogen) atoms. The quantitative estimate of drug-likeness (QED) is 0.170. The van der Waals surface area contributed by atoms with Gasteiger partial charge in [0.2, 0.25) is 0 Å². The van der Waals surface area contributed by atoms with Crippen LogP contribution in [-0.4, -0.2) is 14.5 Å². The molecule has 0 aliphatic carbocycles. The summed E-state index contributed by atoms with van der Waals surface area (Å²) in [5.74, 6) is 1.26. The van der Waals surface area contributed by atoms with E-state index in [9.17, 15) is 0 Å². The number of hydrogen-bond acceptors (Lipinski definition) is 3. The van der Waals surface area contributed by atoms with E-state index in [2.05, 4.69) is 65.9 Å². The van der Waals surface area contributed by atoms with Gasteiger partial charge >= 0.3 is 20.4 Å². The summed E-state index contributed by atoms with van der Waals surface area (Å²) in [6.45, 7) is 4.54. The van der Waals surface area contributed by atoms with Gasteiger partial charge in [-0.3, -0.25) is 0 Å². The Balaban J connectivity index is 0.00000240. The second-order valence-corrected chi connectivity index (χ2v) is 9.37. The second kappa shape index (κ2) is 8.41. The third kappa shape index (κ3) is 3.32. The van der Waals surface area contributed by atoms with Gasteiger partial charge in [0.1, 0.15) is 5.65 Å². The van der Waals surface area contributed by atoms with E-state index in [1.165, 1.54) is 22.0 Å². The van der Waals surface area contributed by atoms with Crippen molar-refractivity contribution >= 4 is 21.9 Å². The molecule has 1 aliphatic heterocycles. The van der Waals surface area contributed by atoms with Gasteiger partial charge in [0, 0.05) is 34.7 Å². The van der Waals surface area contributed by atoms with Crippen molar-refractivity contribution in [2.75, 3.05) is 0 Å². The Morgan fingerprint density at radius 2 is 1.53 bits per heavy atom. The summed E-state index contributed by atoms with van der Waals surface area (Å²) in [6.07, 6.45) is 3.63. The maximum atomic E-state index is 6.27. The van der Waals surface area contributed by atoms with E-state index in [1.54, 1.807) is 6.20 Å². The molecule has 0 fully saturated rings. The average Bonchev–Trinajstić information content (AvgIpc) is 3.23. The Kier molecular flexibility index (Phi) is 5.30. The zero-order valence-electron chi connectivity index (χ0n) is 19.7. The topological polar surface area (TPSA) is 39.9 Å². The largest absolute Gasteiger partial charge is 2.00 e.